The van der Waals surface area contributed by atoms with Crippen molar-refractivity contribution in [1.29, 1.82) is 0 Å². The first kappa shape index (κ1) is 21.8. The van der Waals surface area contributed by atoms with Gasteiger partial charge in [-0.3, -0.25) is 0 Å². The van der Waals surface area contributed by atoms with Gasteiger partial charge in [0.2, 0.25) is 0 Å². The maximum absolute atomic E-state index is 14.7. The van der Waals surface area contributed by atoms with Crippen LogP contribution >= 0.6 is 11.6 Å². The highest BCUT2D eigenvalue weighted by molar-refractivity contribution is 6.31. The van der Waals surface area contributed by atoms with E-state index in [1.807, 2.05) is 29.1 Å². The molecule has 0 spiro atoms. The molecule has 3 aromatic heterocycles. The molecule has 5 rings (SSSR count). The number of nitrogens with one attached hydrogen (secondary N) is 1. The van der Waals surface area contributed by atoms with Crippen molar-refractivity contribution in [2.45, 2.75) is 13.1 Å². The summed E-state index contributed by atoms with van der Waals surface area (Å²) in [5.41, 5.74) is 4.22. The molecule has 0 amide bonds. The maximum atomic E-state index is 14.7. The molecule has 1 N–H and O–H groups in total. The lowest BCUT2D eigenvalue weighted by Crippen LogP contribution is -2.06. The molecule has 0 aliphatic rings. The van der Waals surface area contributed by atoms with E-state index < -0.39 is 5.82 Å². The van der Waals surface area contributed by atoms with Crippen LogP contribution in [0.5, 0.6) is 5.75 Å². The van der Waals surface area contributed by atoms with E-state index in [1.165, 1.54) is 25.8 Å². The Morgan fingerprint density at radius 2 is 1.88 bits per heavy atom. The van der Waals surface area contributed by atoms with Crippen molar-refractivity contribution in [3.8, 4) is 16.9 Å². The number of nitrogens with zero attached hydrogens (tertiary/aromatic N) is 5. The average molecular weight is 475 g/mol. The fourth-order valence-electron chi connectivity index (χ4n) is 3.81. The monoisotopic (exact) mass is 474 g/mol. The molecule has 5 aromatic rings. The Kier molecular flexibility index (Phi) is 6.05. The minimum Gasteiger partial charge on any atom is -0.494 e. The van der Waals surface area contributed by atoms with E-state index in [4.69, 9.17) is 16.3 Å². The molecule has 0 radical (unpaired) electrons. The summed E-state index contributed by atoms with van der Waals surface area (Å²) in [5, 5.41) is 4.33. The third-order valence-corrected chi connectivity index (χ3v) is 5.84. The lowest BCUT2D eigenvalue weighted by Gasteiger charge is -2.11. The fraction of sp³-hybridized carbons (Fsp3) is 0.120. The number of ether oxygens (including phenoxy) is 1. The highest BCUT2D eigenvalue weighted by Gasteiger charge is 2.14. The van der Waals surface area contributed by atoms with Crippen molar-refractivity contribution < 1.29 is 9.13 Å². The third kappa shape index (κ3) is 4.40. The maximum Gasteiger partial charge on any atom is 0.171 e. The molecule has 2 aromatic carbocycles. The number of hydrogen-bond donors (Lipinski definition) is 1. The van der Waals surface area contributed by atoms with E-state index in [-0.39, 0.29) is 12.3 Å². The van der Waals surface area contributed by atoms with E-state index in [1.54, 1.807) is 18.5 Å². The van der Waals surface area contributed by atoms with Crippen LogP contribution in [0.4, 0.5) is 10.2 Å². The predicted octanol–water partition coefficient (Wildman–Crippen LogP) is 5.35. The van der Waals surface area contributed by atoms with Gasteiger partial charge in [-0.2, -0.15) is 0 Å². The molecular formula is C25H20ClFN6O. The summed E-state index contributed by atoms with van der Waals surface area (Å²) in [6.45, 7) is 0.800. The second kappa shape index (κ2) is 9.44. The highest BCUT2D eigenvalue weighted by atomic mass is 35.5. The summed E-state index contributed by atoms with van der Waals surface area (Å²) in [6, 6.07) is 11.3. The van der Waals surface area contributed by atoms with Crippen molar-refractivity contribution in [3.63, 3.8) is 0 Å². The molecule has 0 atom stereocenters. The second-order valence-corrected chi connectivity index (χ2v) is 8.08. The van der Waals surface area contributed by atoms with Crippen LogP contribution in [0, 0.1) is 5.82 Å². The molecule has 0 saturated carbocycles. The molecule has 3 heterocycles. The Labute approximate surface area is 200 Å². The zero-order valence-corrected chi connectivity index (χ0v) is 19.0. The lowest BCUT2D eigenvalue weighted by atomic mass is 10.1. The third-order valence-electron chi connectivity index (χ3n) is 5.49. The van der Waals surface area contributed by atoms with Crippen LogP contribution in [0.1, 0.15) is 11.1 Å². The first-order valence-corrected chi connectivity index (χ1v) is 10.9. The number of fused-ring (bicyclic) bond motifs is 1. The Morgan fingerprint density at radius 3 is 2.71 bits per heavy atom. The van der Waals surface area contributed by atoms with Crippen LogP contribution in [-0.2, 0) is 13.1 Å². The average Bonchev–Trinajstić information content (AvgIpc) is 3.28. The molecular weight excluding hydrogens is 455 g/mol. The van der Waals surface area contributed by atoms with Crippen molar-refractivity contribution >= 4 is 28.3 Å². The predicted molar refractivity (Wildman–Crippen MR) is 129 cm³/mol. The number of halogens is 2. The first-order chi connectivity index (χ1) is 16.6. The van der Waals surface area contributed by atoms with Crippen LogP contribution in [0.3, 0.4) is 0 Å². The van der Waals surface area contributed by atoms with Crippen LogP contribution < -0.4 is 10.1 Å². The molecule has 0 bridgehead atoms. The molecule has 0 aliphatic heterocycles. The summed E-state index contributed by atoms with van der Waals surface area (Å²) < 4.78 is 21.8. The zero-order chi connectivity index (χ0) is 23.5. The van der Waals surface area contributed by atoms with E-state index >= 15 is 0 Å². The Bertz CT molecular complexity index is 1460. The van der Waals surface area contributed by atoms with Gasteiger partial charge in [0, 0.05) is 54.0 Å². The van der Waals surface area contributed by atoms with E-state index in [9.17, 15) is 4.39 Å². The van der Waals surface area contributed by atoms with Crippen molar-refractivity contribution in [2.75, 3.05) is 12.4 Å². The van der Waals surface area contributed by atoms with Crippen molar-refractivity contribution in [2.24, 2.45) is 0 Å². The second-order valence-electron chi connectivity index (χ2n) is 7.67. The Morgan fingerprint density at radius 1 is 1.03 bits per heavy atom. The lowest BCUT2D eigenvalue weighted by molar-refractivity contribution is 0.384. The standard InChI is InChI=1S/C25H20ClFN6O/c1-34-23-6-5-21(26)19(24(23)27)10-30-25-20-12-33(13-22(20)31-15-32-25)11-16-3-2-4-17(7-16)18-8-28-14-29-9-18/h2-9,12-15H,10-11H2,1H3,(H,30,31,32). The number of benzene rings is 2. The van der Waals surface area contributed by atoms with Gasteiger partial charge in [0.1, 0.15) is 18.5 Å². The largest absolute Gasteiger partial charge is 0.494 e. The van der Waals surface area contributed by atoms with Gasteiger partial charge in [-0.05, 0) is 29.3 Å². The molecule has 0 aliphatic carbocycles. The van der Waals surface area contributed by atoms with Gasteiger partial charge in [0.15, 0.2) is 11.6 Å². The van der Waals surface area contributed by atoms with E-state index in [0.717, 1.165) is 27.6 Å². The van der Waals surface area contributed by atoms with Crippen molar-refractivity contribution in [1.82, 2.24) is 24.5 Å². The van der Waals surface area contributed by atoms with Crippen molar-refractivity contribution in [3.05, 3.63) is 95.8 Å². The topological polar surface area (TPSA) is 77.8 Å². The number of rotatable bonds is 7. The minimum absolute atomic E-state index is 0.143. The molecule has 34 heavy (non-hydrogen) atoms. The van der Waals surface area contributed by atoms with Gasteiger partial charge >= 0.3 is 0 Å². The van der Waals surface area contributed by atoms with Crippen LogP contribution in [0.15, 0.2) is 73.8 Å². The summed E-state index contributed by atoms with van der Waals surface area (Å²) in [4.78, 5) is 16.9. The minimum atomic E-state index is -0.492. The van der Waals surface area contributed by atoms with Gasteiger partial charge in [-0.25, -0.2) is 24.3 Å². The van der Waals surface area contributed by atoms with Gasteiger partial charge in [0.25, 0.3) is 0 Å². The van der Waals surface area contributed by atoms with Gasteiger partial charge < -0.3 is 14.6 Å². The van der Waals surface area contributed by atoms with Crippen LogP contribution in [0.25, 0.3) is 22.0 Å². The number of methoxy groups -OCH3 is 1. The normalized spacial score (nSPS) is 11.0. The summed E-state index contributed by atoms with van der Waals surface area (Å²) in [7, 11) is 1.42. The van der Waals surface area contributed by atoms with Gasteiger partial charge in [-0.1, -0.05) is 29.8 Å². The molecule has 0 unspecified atom stereocenters. The van der Waals surface area contributed by atoms with E-state index in [0.29, 0.717) is 22.9 Å². The van der Waals surface area contributed by atoms with Crippen LogP contribution in [-0.4, -0.2) is 31.6 Å². The number of hydrogen-bond acceptors (Lipinski definition) is 6. The summed E-state index contributed by atoms with van der Waals surface area (Å²) in [6.07, 6.45) is 10.5. The molecule has 9 heteroatoms. The quantitative estimate of drug-likeness (QED) is 0.342. The number of anilines is 1. The Hall–Kier alpha value is -4.04. The first-order valence-electron chi connectivity index (χ1n) is 10.5. The van der Waals surface area contributed by atoms with Gasteiger partial charge in [-0.15, -0.1) is 0 Å². The fourth-order valence-corrected chi connectivity index (χ4v) is 4.02. The zero-order valence-electron chi connectivity index (χ0n) is 18.2. The van der Waals surface area contributed by atoms with E-state index in [2.05, 4.69) is 37.4 Å². The molecule has 0 fully saturated rings. The highest BCUT2D eigenvalue weighted by Crippen LogP contribution is 2.29. The molecule has 170 valence electrons. The smallest absolute Gasteiger partial charge is 0.171 e. The number of aromatic nitrogens is 5. The SMILES string of the molecule is COc1ccc(Cl)c(CNc2ncnc3cn(Cc4cccc(-c5cncnc5)c4)cc23)c1F. The van der Waals surface area contributed by atoms with Gasteiger partial charge in [0.05, 0.1) is 18.0 Å². The van der Waals surface area contributed by atoms with Crippen LogP contribution in [0.2, 0.25) is 5.02 Å². The summed E-state index contributed by atoms with van der Waals surface area (Å²) in [5.74, 6) is 0.246. The molecule has 0 saturated heterocycles. The Balaban J connectivity index is 1.39. The molecule has 7 nitrogen and oxygen atoms in total. The summed E-state index contributed by atoms with van der Waals surface area (Å²) >= 11 is 6.21.